The fourth-order valence-corrected chi connectivity index (χ4v) is 5.48. The topological polar surface area (TPSA) is 45.7 Å². The van der Waals surface area contributed by atoms with E-state index < -0.39 is 0 Å². The zero-order valence-corrected chi connectivity index (χ0v) is 21.1. The van der Waals surface area contributed by atoms with Crippen LogP contribution in [0.1, 0.15) is 19.4 Å². The summed E-state index contributed by atoms with van der Waals surface area (Å²) in [6, 6.07) is 12.6. The lowest BCUT2D eigenvalue weighted by molar-refractivity contribution is -0.139. The summed E-state index contributed by atoms with van der Waals surface area (Å²) >= 11 is 7.08. The normalized spacial score (nSPS) is 19.3. The SMILES string of the molecule is CC1CN(C(=O)COc2c(Br)cc(Br)c3cccnc23)C(C)CN1Cc1ccc(F)cc1. The molecule has 5 nitrogen and oxygen atoms in total. The maximum absolute atomic E-state index is 13.2. The zero-order valence-electron chi connectivity index (χ0n) is 17.9. The molecule has 0 bridgehead atoms. The highest BCUT2D eigenvalue weighted by Gasteiger charge is 2.32. The molecule has 0 spiro atoms. The highest BCUT2D eigenvalue weighted by Crippen LogP contribution is 2.37. The lowest BCUT2D eigenvalue weighted by Crippen LogP contribution is -2.58. The van der Waals surface area contributed by atoms with Crippen molar-refractivity contribution in [2.24, 2.45) is 0 Å². The summed E-state index contributed by atoms with van der Waals surface area (Å²) in [7, 11) is 0. The van der Waals surface area contributed by atoms with Crippen molar-refractivity contribution >= 4 is 48.7 Å². The Morgan fingerprint density at radius 1 is 1.12 bits per heavy atom. The summed E-state index contributed by atoms with van der Waals surface area (Å²) in [4.78, 5) is 21.7. The van der Waals surface area contributed by atoms with Crippen LogP contribution in [-0.4, -0.2) is 52.5 Å². The molecule has 3 aromatic rings. The Labute approximate surface area is 203 Å². The number of nitrogens with zero attached hydrogens (tertiary/aromatic N) is 3. The molecule has 0 N–H and O–H groups in total. The summed E-state index contributed by atoms with van der Waals surface area (Å²) in [5, 5.41) is 0.926. The molecule has 2 unspecified atom stereocenters. The second-order valence-corrected chi connectivity index (χ2v) is 9.87. The van der Waals surface area contributed by atoms with Crippen molar-refractivity contribution < 1.29 is 13.9 Å². The fraction of sp³-hybridized carbons (Fsp3) is 0.333. The molecule has 2 atom stereocenters. The number of rotatable bonds is 5. The number of aromatic nitrogens is 1. The van der Waals surface area contributed by atoms with Gasteiger partial charge in [0.2, 0.25) is 0 Å². The van der Waals surface area contributed by atoms with Crippen LogP contribution in [0.5, 0.6) is 5.75 Å². The lowest BCUT2D eigenvalue weighted by Gasteiger charge is -2.44. The van der Waals surface area contributed by atoms with E-state index in [1.165, 1.54) is 12.1 Å². The predicted molar refractivity (Wildman–Crippen MR) is 130 cm³/mol. The van der Waals surface area contributed by atoms with Gasteiger partial charge < -0.3 is 9.64 Å². The molecule has 32 heavy (non-hydrogen) atoms. The standard InChI is InChI=1S/C24H24Br2FN3O2/c1-15-12-30(16(2)11-29(15)13-17-5-7-18(27)8-6-17)22(31)14-32-24-21(26)10-20(25)19-4-3-9-28-23(19)24/h3-10,15-16H,11-14H2,1-2H3. The van der Waals surface area contributed by atoms with Crippen LogP contribution >= 0.6 is 31.9 Å². The van der Waals surface area contributed by atoms with Gasteiger partial charge in [-0.2, -0.15) is 0 Å². The maximum atomic E-state index is 13.2. The number of amides is 1. The summed E-state index contributed by atoms with van der Waals surface area (Å²) in [6.45, 7) is 6.20. The van der Waals surface area contributed by atoms with Crippen molar-refractivity contribution in [3.63, 3.8) is 0 Å². The quantitative estimate of drug-likeness (QED) is 0.416. The van der Waals surface area contributed by atoms with Gasteiger partial charge in [-0.05, 0) is 59.6 Å². The van der Waals surface area contributed by atoms with Crippen LogP contribution in [-0.2, 0) is 11.3 Å². The molecule has 168 valence electrons. The van der Waals surface area contributed by atoms with Crippen molar-refractivity contribution in [3.8, 4) is 5.75 Å². The summed E-state index contributed by atoms with van der Waals surface area (Å²) in [5.74, 6) is 0.281. The number of carbonyl (C=O) groups excluding carboxylic acids is 1. The van der Waals surface area contributed by atoms with E-state index in [1.54, 1.807) is 6.20 Å². The Bertz CT molecular complexity index is 1130. The van der Waals surface area contributed by atoms with E-state index in [4.69, 9.17) is 4.74 Å². The molecule has 2 heterocycles. The molecule has 0 radical (unpaired) electrons. The number of hydrogen-bond donors (Lipinski definition) is 0. The Morgan fingerprint density at radius 2 is 1.88 bits per heavy atom. The minimum atomic E-state index is -0.231. The van der Waals surface area contributed by atoms with Gasteiger partial charge in [0.05, 0.1) is 4.47 Å². The highest BCUT2D eigenvalue weighted by atomic mass is 79.9. The second-order valence-electron chi connectivity index (χ2n) is 8.16. The Kier molecular flexibility index (Phi) is 7.12. The monoisotopic (exact) mass is 563 g/mol. The van der Waals surface area contributed by atoms with Crippen molar-refractivity contribution in [2.45, 2.75) is 32.5 Å². The number of hydrogen-bond acceptors (Lipinski definition) is 4. The van der Waals surface area contributed by atoms with Gasteiger partial charge in [0.15, 0.2) is 12.4 Å². The van der Waals surface area contributed by atoms with Crippen LogP contribution in [0, 0.1) is 5.82 Å². The van der Waals surface area contributed by atoms with Crippen LogP contribution in [0.3, 0.4) is 0 Å². The Morgan fingerprint density at radius 3 is 2.62 bits per heavy atom. The maximum Gasteiger partial charge on any atom is 0.260 e. The van der Waals surface area contributed by atoms with E-state index >= 15 is 0 Å². The third-order valence-electron chi connectivity index (χ3n) is 5.82. The number of benzene rings is 2. The van der Waals surface area contributed by atoms with Crippen molar-refractivity contribution in [1.29, 1.82) is 0 Å². The first kappa shape index (κ1) is 23.1. The minimum absolute atomic E-state index is 0.0472. The van der Waals surface area contributed by atoms with Gasteiger partial charge in [0.1, 0.15) is 11.3 Å². The minimum Gasteiger partial charge on any atom is -0.480 e. The summed E-state index contributed by atoms with van der Waals surface area (Å²) < 4.78 is 20.8. The van der Waals surface area contributed by atoms with Crippen LogP contribution in [0.2, 0.25) is 0 Å². The Hall–Kier alpha value is -2.03. The first-order valence-electron chi connectivity index (χ1n) is 10.5. The molecular weight excluding hydrogens is 541 g/mol. The van der Waals surface area contributed by atoms with E-state index in [0.29, 0.717) is 17.8 Å². The van der Waals surface area contributed by atoms with Crippen molar-refractivity contribution in [1.82, 2.24) is 14.8 Å². The number of piperazine rings is 1. The number of ether oxygens (including phenoxy) is 1. The average Bonchev–Trinajstić information content (AvgIpc) is 2.77. The third kappa shape index (κ3) is 4.97. The molecule has 2 aromatic carbocycles. The van der Waals surface area contributed by atoms with Crippen LogP contribution in [0.25, 0.3) is 10.9 Å². The van der Waals surface area contributed by atoms with Crippen molar-refractivity contribution in [2.75, 3.05) is 19.7 Å². The van der Waals surface area contributed by atoms with Gasteiger partial charge in [-0.1, -0.05) is 34.1 Å². The molecule has 4 rings (SSSR count). The van der Waals surface area contributed by atoms with Crippen LogP contribution in [0.15, 0.2) is 57.6 Å². The Balaban J connectivity index is 1.41. The van der Waals surface area contributed by atoms with Gasteiger partial charge in [-0.3, -0.25) is 14.7 Å². The molecule has 0 saturated carbocycles. The molecule has 1 aromatic heterocycles. The van der Waals surface area contributed by atoms with Crippen LogP contribution < -0.4 is 4.74 Å². The third-order valence-corrected chi connectivity index (χ3v) is 7.07. The van der Waals surface area contributed by atoms with Gasteiger partial charge in [0.25, 0.3) is 5.91 Å². The van der Waals surface area contributed by atoms with Gasteiger partial charge >= 0.3 is 0 Å². The number of carbonyl (C=O) groups is 1. The lowest BCUT2D eigenvalue weighted by atomic mass is 10.1. The first-order valence-corrected chi connectivity index (χ1v) is 12.1. The van der Waals surface area contributed by atoms with Crippen LogP contribution in [0.4, 0.5) is 4.39 Å². The number of fused-ring (bicyclic) bond motifs is 1. The van der Waals surface area contributed by atoms with E-state index in [2.05, 4.69) is 48.7 Å². The molecule has 1 aliphatic heterocycles. The zero-order chi connectivity index (χ0) is 22.8. The molecule has 1 fully saturated rings. The van der Waals surface area contributed by atoms with E-state index in [0.717, 1.165) is 33.0 Å². The van der Waals surface area contributed by atoms with E-state index in [9.17, 15) is 9.18 Å². The molecule has 0 aliphatic carbocycles. The van der Waals surface area contributed by atoms with E-state index in [1.807, 2.05) is 42.2 Å². The first-order chi connectivity index (χ1) is 15.3. The van der Waals surface area contributed by atoms with E-state index in [-0.39, 0.29) is 30.4 Å². The average molecular weight is 565 g/mol. The second kappa shape index (κ2) is 9.85. The van der Waals surface area contributed by atoms with Gasteiger partial charge in [-0.15, -0.1) is 0 Å². The number of halogens is 3. The summed E-state index contributed by atoms with van der Waals surface area (Å²) in [5.41, 5.74) is 1.76. The molecule has 1 saturated heterocycles. The smallest absolute Gasteiger partial charge is 0.260 e. The van der Waals surface area contributed by atoms with Gasteiger partial charge in [-0.25, -0.2) is 4.39 Å². The van der Waals surface area contributed by atoms with Gasteiger partial charge in [0, 0.05) is 47.8 Å². The molecule has 1 amide bonds. The largest absolute Gasteiger partial charge is 0.480 e. The van der Waals surface area contributed by atoms with Crippen molar-refractivity contribution in [3.05, 3.63) is 69.0 Å². The molecule has 8 heteroatoms. The predicted octanol–water partition coefficient (Wildman–Crippen LogP) is 5.40. The number of pyridine rings is 1. The molecular formula is C24H24Br2FN3O2. The molecule has 1 aliphatic rings. The fourth-order valence-electron chi connectivity index (χ4n) is 4.09. The summed E-state index contributed by atoms with van der Waals surface area (Å²) in [6.07, 6.45) is 1.71. The highest BCUT2D eigenvalue weighted by molar-refractivity contribution is 9.11.